The Hall–Kier alpha value is -1.49. The molecular formula is C12H12N4S. The van der Waals surface area contributed by atoms with Crippen LogP contribution in [0, 0.1) is 5.92 Å². The van der Waals surface area contributed by atoms with Crippen LogP contribution in [-0.4, -0.2) is 19.6 Å². The molecule has 0 bridgehead atoms. The average Bonchev–Trinajstić information content (AvgIpc) is 2.89. The van der Waals surface area contributed by atoms with Gasteiger partial charge in [0.15, 0.2) is 5.65 Å². The standard InChI is InChI=1S/C12H12N4S/c1-7-2-3-8-9(4-7)17-12-10(8)11-15-14-6-16(11)5-13-12/h5-7H,2-4H2,1H3. The molecule has 0 spiro atoms. The molecule has 17 heavy (non-hydrogen) atoms. The SMILES string of the molecule is CC1CCc2c(sc3ncn4cnnc4c23)C1. The third-order valence-corrected chi connectivity index (χ3v) is 4.75. The largest absolute Gasteiger partial charge is 0.271 e. The van der Waals surface area contributed by atoms with E-state index in [1.165, 1.54) is 28.7 Å². The average molecular weight is 244 g/mol. The third kappa shape index (κ3) is 1.26. The smallest absolute Gasteiger partial charge is 0.172 e. The lowest BCUT2D eigenvalue weighted by Crippen LogP contribution is -2.08. The van der Waals surface area contributed by atoms with Crippen molar-refractivity contribution in [2.45, 2.75) is 26.2 Å². The summed E-state index contributed by atoms with van der Waals surface area (Å²) in [4.78, 5) is 7.13. The summed E-state index contributed by atoms with van der Waals surface area (Å²) in [6, 6.07) is 0. The molecule has 0 radical (unpaired) electrons. The second kappa shape index (κ2) is 3.26. The van der Waals surface area contributed by atoms with Gasteiger partial charge in [-0.1, -0.05) is 6.92 Å². The molecule has 1 unspecified atom stereocenters. The van der Waals surface area contributed by atoms with Crippen molar-refractivity contribution in [1.29, 1.82) is 0 Å². The molecule has 3 heterocycles. The van der Waals surface area contributed by atoms with E-state index in [2.05, 4.69) is 22.1 Å². The van der Waals surface area contributed by atoms with Crippen molar-refractivity contribution in [2.24, 2.45) is 5.92 Å². The Morgan fingerprint density at radius 2 is 2.35 bits per heavy atom. The van der Waals surface area contributed by atoms with Crippen LogP contribution in [0.1, 0.15) is 23.8 Å². The van der Waals surface area contributed by atoms with Crippen LogP contribution in [0.5, 0.6) is 0 Å². The molecule has 0 aliphatic heterocycles. The van der Waals surface area contributed by atoms with Crippen LogP contribution < -0.4 is 0 Å². The summed E-state index contributed by atoms with van der Waals surface area (Å²) in [5, 5.41) is 9.43. The van der Waals surface area contributed by atoms with E-state index >= 15 is 0 Å². The van der Waals surface area contributed by atoms with Crippen molar-refractivity contribution in [1.82, 2.24) is 19.6 Å². The number of nitrogens with zero attached hydrogens (tertiary/aromatic N) is 4. The molecule has 4 nitrogen and oxygen atoms in total. The molecule has 3 aromatic heterocycles. The Labute approximate surface area is 102 Å². The summed E-state index contributed by atoms with van der Waals surface area (Å²) in [6.07, 6.45) is 7.15. The lowest BCUT2D eigenvalue weighted by atomic mass is 9.89. The molecule has 0 N–H and O–H groups in total. The number of hydrogen-bond acceptors (Lipinski definition) is 4. The fraction of sp³-hybridized carbons (Fsp3) is 0.417. The summed E-state index contributed by atoms with van der Waals surface area (Å²) in [5.74, 6) is 0.796. The first-order valence-corrected chi connectivity index (χ1v) is 6.73. The lowest BCUT2D eigenvalue weighted by molar-refractivity contribution is 0.509. The van der Waals surface area contributed by atoms with Crippen molar-refractivity contribution in [3.05, 3.63) is 23.1 Å². The zero-order chi connectivity index (χ0) is 11.4. The fourth-order valence-electron chi connectivity index (χ4n) is 2.68. The maximum atomic E-state index is 4.51. The van der Waals surface area contributed by atoms with E-state index in [1.54, 1.807) is 6.33 Å². The predicted octanol–water partition coefficient (Wildman–Crippen LogP) is 2.46. The second-order valence-corrected chi connectivity index (χ2v) is 5.92. The molecule has 5 heteroatoms. The van der Waals surface area contributed by atoms with Crippen molar-refractivity contribution in [3.8, 4) is 0 Å². The van der Waals surface area contributed by atoms with Gasteiger partial charge >= 0.3 is 0 Å². The van der Waals surface area contributed by atoms with Crippen LogP contribution in [0.25, 0.3) is 15.9 Å². The maximum Gasteiger partial charge on any atom is 0.172 e. The first-order chi connectivity index (χ1) is 8.33. The Bertz CT molecular complexity index is 712. The Balaban J connectivity index is 2.12. The summed E-state index contributed by atoms with van der Waals surface area (Å²) in [7, 11) is 0. The van der Waals surface area contributed by atoms with E-state index in [4.69, 9.17) is 0 Å². The van der Waals surface area contributed by atoms with Gasteiger partial charge in [-0.25, -0.2) is 4.98 Å². The molecule has 0 amide bonds. The molecule has 4 rings (SSSR count). The topological polar surface area (TPSA) is 43.1 Å². The summed E-state index contributed by atoms with van der Waals surface area (Å²) in [5.41, 5.74) is 2.43. The normalized spacial score (nSPS) is 19.9. The van der Waals surface area contributed by atoms with Crippen LogP contribution in [0.15, 0.2) is 12.7 Å². The highest BCUT2D eigenvalue weighted by Crippen LogP contribution is 2.38. The molecule has 3 aromatic rings. The van der Waals surface area contributed by atoms with Gasteiger partial charge in [0.1, 0.15) is 17.5 Å². The molecule has 0 aromatic carbocycles. The number of fused-ring (bicyclic) bond motifs is 5. The minimum absolute atomic E-state index is 0.796. The van der Waals surface area contributed by atoms with Crippen LogP contribution in [0.4, 0.5) is 0 Å². The highest BCUT2D eigenvalue weighted by molar-refractivity contribution is 7.19. The zero-order valence-corrected chi connectivity index (χ0v) is 10.4. The van der Waals surface area contributed by atoms with Gasteiger partial charge in [-0.2, -0.15) is 0 Å². The van der Waals surface area contributed by atoms with Crippen LogP contribution >= 0.6 is 11.3 Å². The van der Waals surface area contributed by atoms with Crippen molar-refractivity contribution < 1.29 is 0 Å². The Kier molecular flexibility index (Phi) is 1.83. The number of hydrogen-bond donors (Lipinski definition) is 0. The van der Waals surface area contributed by atoms with Gasteiger partial charge in [0.05, 0.1) is 5.39 Å². The van der Waals surface area contributed by atoms with Crippen LogP contribution in [-0.2, 0) is 12.8 Å². The minimum Gasteiger partial charge on any atom is -0.271 e. The first-order valence-electron chi connectivity index (χ1n) is 5.91. The Morgan fingerprint density at radius 3 is 3.29 bits per heavy atom. The molecular weight excluding hydrogens is 232 g/mol. The molecule has 1 aliphatic carbocycles. The van der Waals surface area contributed by atoms with E-state index in [1.807, 2.05) is 22.1 Å². The summed E-state index contributed by atoms with van der Waals surface area (Å²) in [6.45, 7) is 2.33. The fourth-order valence-corrected chi connectivity index (χ4v) is 4.02. The van der Waals surface area contributed by atoms with Gasteiger partial charge in [0, 0.05) is 4.88 Å². The van der Waals surface area contributed by atoms with E-state index in [0.29, 0.717) is 0 Å². The molecule has 1 atom stereocenters. The summed E-state index contributed by atoms with van der Waals surface area (Å²) < 4.78 is 1.91. The monoisotopic (exact) mass is 244 g/mol. The highest BCUT2D eigenvalue weighted by Gasteiger charge is 2.22. The van der Waals surface area contributed by atoms with Gasteiger partial charge < -0.3 is 0 Å². The number of aromatic nitrogens is 4. The predicted molar refractivity (Wildman–Crippen MR) is 67.4 cm³/mol. The van der Waals surface area contributed by atoms with Crippen LogP contribution in [0.3, 0.4) is 0 Å². The molecule has 1 aliphatic rings. The van der Waals surface area contributed by atoms with E-state index in [0.717, 1.165) is 22.8 Å². The van der Waals surface area contributed by atoms with Crippen molar-refractivity contribution >= 4 is 27.2 Å². The molecule has 0 saturated heterocycles. The third-order valence-electron chi connectivity index (χ3n) is 3.59. The molecule has 0 fully saturated rings. The van der Waals surface area contributed by atoms with E-state index in [9.17, 15) is 0 Å². The lowest BCUT2D eigenvalue weighted by Gasteiger charge is -2.17. The number of thiophene rings is 1. The van der Waals surface area contributed by atoms with Gasteiger partial charge in [-0.3, -0.25) is 4.40 Å². The van der Waals surface area contributed by atoms with Gasteiger partial charge in [-0.15, -0.1) is 21.5 Å². The number of aryl methyl sites for hydroxylation is 1. The van der Waals surface area contributed by atoms with Gasteiger partial charge in [0.2, 0.25) is 0 Å². The van der Waals surface area contributed by atoms with Gasteiger partial charge in [0.25, 0.3) is 0 Å². The van der Waals surface area contributed by atoms with Gasteiger partial charge in [-0.05, 0) is 30.7 Å². The zero-order valence-electron chi connectivity index (χ0n) is 9.55. The van der Waals surface area contributed by atoms with E-state index in [-0.39, 0.29) is 0 Å². The Morgan fingerprint density at radius 1 is 1.41 bits per heavy atom. The molecule has 86 valence electrons. The summed E-state index contributed by atoms with van der Waals surface area (Å²) >= 11 is 1.83. The number of rotatable bonds is 0. The maximum absolute atomic E-state index is 4.51. The van der Waals surface area contributed by atoms with Crippen molar-refractivity contribution in [3.63, 3.8) is 0 Å². The second-order valence-electron chi connectivity index (χ2n) is 4.84. The minimum atomic E-state index is 0.796. The quantitative estimate of drug-likeness (QED) is 0.610. The van der Waals surface area contributed by atoms with Crippen molar-refractivity contribution in [2.75, 3.05) is 0 Å². The molecule has 0 saturated carbocycles. The van der Waals surface area contributed by atoms with E-state index < -0.39 is 0 Å². The highest BCUT2D eigenvalue weighted by atomic mass is 32.1. The van der Waals surface area contributed by atoms with Crippen LogP contribution in [0.2, 0.25) is 0 Å². The first kappa shape index (κ1) is 9.53.